The zero-order valence-corrected chi connectivity index (χ0v) is 15.0. The van der Waals surface area contributed by atoms with Crippen LogP contribution in [0.15, 0.2) is 0 Å². The Morgan fingerprint density at radius 2 is 1.64 bits per heavy atom. The van der Waals surface area contributed by atoms with Gasteiger partial charge in [-0.25, -0.2) is 8.42 Å². The van der Waals surface area contributed by atoms with Crippen LogP contribution >= 0.6 is 0 Å². The van der Waals surface area contributed by atoms with Gasteiger partial charge in [0.25, 0.3) is 0 Å². The maximum atomic E-state index is 12.4. The van der Waals surface area contributed by atoms with Gasteiger partial charge >= 0.3 is 0 Å². The molecule has 0 aromatic carbocycles. The minimum Gasteiger partial charge on any atom is -0.303 e. The average Bonchev–Trinajstić information content (AvgIpc) is 2.49. The topological polar surface area (TPSA) is 43.9 Å². The van der Waals surface area contributed by atoms with Crippen molar-refractivity contribution in [2.75, 3.05) is 51.6 Å². The van der Waals surface area contributed by atoms with Crippen molar-refractivity contribution in [2.45, 2.75) is 39.2 Å². The lowest BCUT2D eigenvalue weighted by Crippen LogP contribution is -2.51. The summed E-state index contributed by atoms with van der Waals surface area (Å²) in [7, 11) is -3.08. The van der Waals surface area contributed by atoms with Crippen molar-refractivity contribution in [2.24, 2.45) is 5.92 Å². The zero-order valence-electron chi connectivity index (χ0n) is 14.2. The molecule has 0 saturated carbocycles. The second-order valence-electron chi connectivity index (χ2n) is 6.98. The van der Waals surface area contributed by atoms with Crippen molar-refractivity contribution < 1.29 is 8.42 Å². The molecule has 2 aliphatic rings. The Hall–Kier alpha value is -0.170. The number of sulfonamides is 1. The van der Waals surface area contributed by atoms with E-state index < -0.39 is 10.0 Å². The summed E-state index contributed by atoms with van der Waals surface area (Å²) in [6.45, 7) is 14.5. The second-order valence-corrected chi connectivity index (χ2v) is 9.07. The van der Waals surface area contributed by atoms with Crippen molar-refractivity contribution in [3.8, 4) is 0 Å². The smallest absolute Gasteiger partial charge is 0.214 e. The molecule has 0 N–H and O–H groups in total. The first-order chi connectivity index (χ1) is 10.4. The van der Waals surface area contributed by atoms with E-state index in [-0.39, 0.29) is 0 Å². The number of hydrogen-bond donors (Lipinski definition) is 0. The van der Waals surface area contributed by atoms with Gasteiger partial charge in [-0.2, -0.15) is 4.31 Å². The third kappa shape index (κ3) is 5.18. The highest BCUT2D eigenvalue weighted by Crippen LogP contribution is 2.16. The molecule has 1 radical (unpaired) electrons. The molecule has 0 aromatic heterocycles. The Labute approximate surface area is 136 Å². The van der Waals surface area contributed by atoms with Crippen LogP contribution in [-0.2, 0) is 10.0 Å². The highest BCUT2D eigenvalue weighted by molar-refractivity contribution is 7.89. The first kappa shape index (κ1) is 18.2. The number of hydrogen-bond acceptors (Lipinski definition) is 4. The monoisotopic (exact) mass is 330 g/mol. The molecule has 2 fully saturated rings. The van der Waals surface area contributed by atoms with Gasteiger partial charge in [-0.1, -0.05) is 6.92 Å². The third-order valence-electron chi connectivity index (χ3n) is 4.98. The Balaban J connectivity index is 1.70. The molecule has 0 bridgehead atoms. The first-order valence-electron chi connectivity index (χ1n) is 8.66. The van der Waals surface area contributed by atoms with Crippen LogP contribution in [0.3, 0.4) is 0 Å². The Morgan fingerprint density at radius 1 is 1.05 bits per heavy atom. The molecule has 0 aromatic rings. The van der Waals surface area contributed by atoms with Crippen molar-refractivity contribution in [3.63, 3.8) is 0 Å². The van der Waals surface area contributed by atoms with E-state index in [2.05, 4.69) is 30.6 Å². The number of likely N-dealkylation sites (tertiary alicyclic amines) is 1. The molecular weight excluding hydrogens is 298 g/mol. The molecule has 2 saturated heterocycles. The molecule has 2 rings (SSSR count). The lowest BCUT2D eigenvalue weighted by molar-refractivity contribution is 0.154. The van der Waals surface area contributed by atoms with Gasteiger partial charge in [0.05, 0.1) is 5.75 Å². The molecule has 2 heterocycles. The minimum atomic E-state index is -3.08. The summed E-state index contributed by atoms with van der Waals surface area (Å²) >= 11 is 0. The van der Waals surface area contributed by atoms with E-state index in [9.17, 15) is 8.42 Å². The molecule has 0 spiro atoms. The second kappa shape index (κ2) is 8.08. The summed E-state index contributed by atoms with van der Waals surface area (Å²) in [4.78, 5) is 4.73. The molecule has 0 atom stereocenters. The third-order valence-corrected chi connectivity index (χ3v) is 6.94. The molecule has 6 heteroatoms. The summed E-state index contributed by atoms with van der Waals surface area (Å²) in [5, 5.41) is 0. The molecule has 0 amide bonds. The Bertz CT molecular complexity index is 423. The van der Waals surface area contributed by atoms with Gasteiger partial charge in [-0.3, -0.25) is 4.90 Å². The highest BCUT2D eigenvalue weighted by atomic mass is 32.2. The number of piperazine rings is 1. The van der Waals surface area contributed by atoms with Gasteiger partial charge in [0, 0.05) is 32.2 Å². The van der Waals surface area contributed by atoms with Gasteiger partial charge in [0.2, 0.25) is 10.0 Å². The van der Waals surface area contributed by atoms with Crippen LogP contribution in [0.4, 0.5) is 0 Å². The van der Waals surface area contributed by atoms with Crippen LogP contribution in [0.5, 0.6) is 0 Å². The highest BCUT2D eigenvalue weighted by Gasteiger charge is 2.27. The van der Waals surface area contributed by atoms with Crippen molar-refractivity contribution in [1.82, 2.24) is 14.1 Å². The van der Waals surface area contributed by atoms with E-state index in [1.807, 2.05) is 0 Å². The molecule has 0 aliphatic carbocycles. The normalized spacial score (nSPS) is 24.2. The minimum absolute atomic E-state index is 0.291. The maximum absolute atomic E-state index is 12.4. The van der Waals surface area contributed by atoms with E-state index in [4.69, 9.17) is 0 Å². The van der Waals surface area contributed by atoms with E-state index in [1.165, 1.54) is 0 Å². The SMILES string of the molecule is [CH2]C1CCN(CCCS(=O)(=O)N2CCN(C(C)C)CC2)CC1. The summed E-state index contributed by atoms with van der Waals surface area (Å²) in [5.41, 5.74) is 0. The van der Waals surface area contributed by atoms with E-state index in [1.54, 1.807) is 4.31 Å². The predicted octanol–water partition coefficient (Wildman–Crippen LogP) is 1.28. The molecule has 5 nitrogen and oxygen atoms in total. The van der Waals surface area contributed by atoms with Crippen LogP contribution in [0.2, 0.25) is 0 Å². The lowest BCUT2D eigenvalue weighted by atomic mass is 9.99. The number of nitrogens with zero attached hydrogens (tertiary/aromatic N) is 3. The van der Waals surface area contributed by atoms with E-state index in [0.717, 1.165) is 52.0 Å². The number of rotatable bonds is 6. The Kier molecular flexibility index (Phi) is 6.68. The molecular formula is C16H32N3O2S. The standard InChI is InChI=1S/C16H32N3O2S/c1-15(2)18-10-12-19(13-11-18)22(20,21)14-4-7-17-8-5-16(3)6-9-17/h15-16H,3-14H2,1-2H3. The maximum Gasteiger partial charge on any atom is 0.214 e. The van der Waals surface area contributed by atoms with Crippen molar-refractivity contribution >= 4 is 10.0 Å². The van der Waals surface area contributed by atoms with Crippen LogP contribution in [0, 0.1) is 12.8 Å². The van der Waals surface area contributed by atoms with Gasteiger partial charge in [0.15, 0.2) is 0 Å². The fourth-order valence-electron chi connectivity index (χ4n) is 3.31. The van der Waals surface area contributed by atoms with Gasteiger partial charge < -0.3 is 4.90 Å². The van der Waals surface area contributed by atoms with Gasteiger partial charge in [0.1, 0.15) is 0 Å². The van der Waals surface area contributed by atoms with Gasteiger partial charge in [-0.15, -0.1) is 0 Å². The fourth-order valence-corrected chi connectivity index (χ4v) is 4.78. The first-order valence-corrected chi connectivity index (χ1v) is 10.3. The fraction of sp³-hybridized carbons (Fsp3) is 0.938. The lowest BCUT2D eigenvalue weighted by Gasteiger charge is -2.36. The zero-order chi connectivity index (χ0) is 16.2. The van der Waals surface area contributed by atoms with Crippen LogP contribution in [-0.4, -0.2) is 80.1 Å². The molecule has 2 aliphatic heterocycles. The molecule has 22 heavy (non-hydrogen) atoms. The van der Waals surface area contributed by atoms with Crippen molar-refractivity contribution in [3.05, 3.63) is 6.92 Å². The quantitative estimate of drug-likeness (QED) is 0.736. The summed E-state index contributed by atoms with van der Waals surface area (Å²) in [6.07, 6.45) is 3.03. The molecule has 129 valence electrons. The largest absolute Gasteiger partial charge is 0.303 e. The summed E-state index contributed by atoms with van der Waals surface area (Å²) < 4.78 is 26.6. The molecule has 0 unspecified atom stereocenters. The van der Waals surface area contributed by atoms with E-state index >= 15 is 0 Å². The van der Waals surface area contributed by atoms with Crippen molar-refractivity contribution in [1.29, 1.82) is 0 Å². The summed E-state index contributed by atoms with van der Waals surface area (Å²) in [6, 6.07) is 0.501. The van der Waals surface area contributed by atoms with Gasteiger partial charge in [-0.05, 0) is 58.7 Å². The Morgan fingerprint density at radius 3 is 2.18 bits per heavy atom. The van der Waals surface area contributed by atoms with Crippen LogP contribution in [0.1, 0.15) is 33.1 Å². The number of piperidine rings is 1. The predicted molar refractivity (Wildman–Crippen MR) is 91.2 cm³/mol. The average molecular weight is 331 g/mol. The summed E-state index contributed by atoms with van der Waals surface area (Å²) in [5.74, 6) is 0.871. The van der Waals surface area contributed by atoms with E-state index in [0.29, 0.717) is 30.8 Å². The van der Waals surface area contributed by atoms with Crippen LogP contribution < -0.4 is 0 Å². The van der Waals surface area contributed by atoms with Crippen LogP contribution in [0.25, 0.3) is 0 Å².